The normalized spacial score (nSPS) is 9.79. The molecule has 14 heavy (non-hydrogen) atoms. The first-order chi connectivity index (χ1) is 6.86. The van der Waals surface area contributed by atoms with E-state index in [-0.39, 0.29) is 0 Å². The molecule has 0 saturated heterocycles. The molecule has 0 unspecified atom stereocenters. The van der Waals surface area contributed by atoms with Crippen LogP contribution in [0.15, 0.2) is 41.5 Å². The Bertz CT molecular complexity index is 418. The SMILES string of the molecule is Brc1cccnc1Nc1cncnc1. The maximum absolute atomic E-state index is 4.16. The summed E-state index contributed by atoms with van der Waals surface area (Å²) in [5.74, 6) is 0.752. The van der Waals surface area contributed by atoms with Crippen LogP contribution >= 0.6 is 15.9 Å². The first kappa shape index (κ1) is 9.08. The molecule has 4 nitrogen and oxygen atoms in total. The molecular formula is C9H7BrN4. The van der Waals surface area contributed by atoms with Gasteiger partial charge < -0.3 is 5.32 Å². The third-order valence-electron chi connectivity index (χ3n) is 1.58. The van der Waals surface area contributed by atoms with Gasteiger partial charge in [0.15, 0.2) is 0 Å². The molecule has 5 heteroatoms. The molecule has 0 aliphatic rings. The number of aromatic nitrogens is 3. The molecule has 0 fully saturated rings. The second kappa shape index (κ2) is 4.15. The molecule has 0 aliphatic heterocycles. The molecule has 0 spiro atoms. The highest BCUT2D eigenvalue weighted by Gasteiger charge is 1.99. The molecule has 0 atom stereocenters. The van der Waals surface area contributed by atoms with Crippen LogP contribution in [0.25, 0.3) is 0 Å². The lowest BCUT2D eigenvalue weighted by atomic mass is 10.4. The maximum atomic E-state index is 4.16. The van der Waals surface area contributed by atoms with E-state index >= 15 is 0 Å². The average Bonchev–Trinajstić information content (AvgIpc) is 2.23. The Morgan fingerprint density at radius 3 is 2.71 bits per heavy atom. The van der Waals surface area contributed by atoms with Crippen molar-refractivity contribution >= 4 is 27.4 Å². The first-order valence-corrected chi connectivity index (χ1v) is 4.78. The van der Waals surface area contributed by atoms with Crippen LogP contribution in [0, 0.1) is 0 Å². The monoisotopic (exact) mass is 250 g/mol. The molecule has 70 valence electrons. The van der Waals surface area contributed by atoms with E-state index in [1.165, 1.54) is 6.33 Å². The predicted octanol–water partition coefficient (Wildman–Crippen LogP) is 2.38. The number of anilines is 2. The molecule has 2 heterocycles. The van der Waals surface area contributed by atoms with Crippen molar-refractivity contribution < 1.29 is 0 Å². The van der Waals surface area contributed by atoms with Crippen LogP contribution < -0.4 is 5.32 Å². The number of rotatable bonds is 2. The number of hydrogen-bond donors (Lipinski definition) is 1. The van der Waals surface area contributed by atoms with Gasteiger partial charge >= 0.3 is 0 Å². The molecule has 0 saturated carbocycles. The van der Waals surface area contributed by atoms with E-state index in [1.807, 2.05) is 12.1 Å². The van der Waals surface area contributed by atoms with Gasteiger partial charge in [-0.3, -0.25) is 0 Å². The van der Waals surface area contributed by atoms with Crippen molar-refractivity contribution in [1.82, 2.24) is 15.0 Å². The fraction of sp³-hybridized carbons (Fsp3) is 0. The van der Waals surface area contributed by atoms with Gasteiger partial charge in [-0.2, -0.15) is 0 Å². The summed E-state index contributed by atoms with van der Waals surface area (Å²) in [7, 11) is 0. The second-order valence-corrected chi connectivity index (χ2v) is 3.44. The zero-order valence-corrected chi connectivity index (χ0v) is 8.77. The Balaban J connectivity index is 2.24. The van der Waals surface area contributed by atoms with E-state index < -0.39 is 0 Å². The van der Waals surface area contributed by atoms with Gasteiger partial charge in [0.2, 0.25) is 0 Å². The van der Waals surface area contributed by atoms with E-state index in [0.717, 1.165) is 16.0 Å². The van der Waals surface area contributed by atoms with Gasteiger partial charge in [0.25, 0.3) is 0 Å². The molecular weight excluding hydrogens is 244 g/mol. The summed E-state index contributed by atoms with van der Waals surface area (Å²) in [6, 6.07) is 3.77. The van der Waals surface area contributed by atoms with Crippen LogP contribution in [0.4, 0.5) is 11.5 Å². The third-order valence-corrected chi connectivity index (χ3v) is 2.22. The highest BCUT2D eigenvalue weighted by molar-refractivity contribution is 9.10. The molecule has 0 bridgehead atoms. The Morgan fingerprint density at radius 1 is 1.21 bits per heavy atom. The number of nitrogens with one attached hydrogen (secondary N) is 1. The Morgan fingerprint density at radius 2 is 2.00 bits per heavy atom. The van der Waals surface area contributed by atoms with E-state index in [0.29, 0.717) is 0 Å². The van der Waals surface area contributed by atoms with Gasteiger partial charge in [0.05, 0.1) is 22.6 Å². The summed E-state index contributed by atoms with van der Waals surface area (Å²) in [6.07, 6.45) is 6.58. The molecule has 2 aromatic heterocycles. The fourth-order valence-corrected chi connectivity index (χ4v) is 1.33. The topological polar surface area (TPSA) is 50.7 Å². The Labute approximate surface area is 89.6 Å². The van der Waals surface area contributed by atoms with Crippen LogP contribution in [-0.2, 0) is 0 Å². The zero-order chi connectivity index (χ0) is 9.80. The Hall–Kier alpha value is -1.49. The van der Waals surface area contributed by atoms with Gasteiger partial charge in [-0.05, 0) is 28.1 Å². The Kier molecular flexibility index (Phi) is 2.69. The molecule has 0 amide bonds. The average molecular weight is 251 g/mol. The predicted molar refractivity (Wildman–Crippen MR) is 57.3 cm³/mol. The van der Waals surface area contributed by atoms with Gasteiger partial charge in [-0.1, -0.05) is 0 Å². The van der Waals surface area contributed by atoms with Crippen molar-refractivity contribution in [2.45, 2.75) is 0 Å². The molecule has 0 aliphatic carbocycles. The molecule has 1 N–H and O–H groups in total. The molecule has 0 radical (unpaired) electrons. The van der Waals surface area contributed by atoms with Crippen LogP contribution in [0.2, 0.25) is 0 Å². The highest BCUT2D eigenvalue weighted by atomic mass is 79.9. The fourth-order valence-electron chi connectivity index (χ4n) is 0.978. The lowest BCUT2D eigenvalue weighted by molar-refractivity contribution is 1.16. The second-order valence-electron chi connectivity index (χ2n) is 2.59. The van der Waals surface area contributed by atoms with Gasteiger partial charge in [-0.25, -0.2) is 15.0 Å². The zero-order valence-electron chi connectivity index (χ0n) is 7.18. The van der Waals surface area contributed by atoms with Crippen molar-refractivity contribution in [1.29, 1.82) is 0 Å². The van der Waals surface area contributed by atoms with E-state index in [1.54, 1.807) is 18.6 Å². The lowest BCUT2D eigenvalue weighted by Crippen LogP contribution is -1.94. The minimum atomic E-state index is 0.752. The minimum absolute atomic E-state index is 0.752. The quantitative estimate of drug-likeness (QED) is 0.890. The molecule has 2 rings (SSSR count). The smallest absolute Gasteiger partial charge is 0.144 e. The number of hydrogen-bond acceptors (Lipinski definition) is 4. The third kappa shape index (κ3) is 2.05. The minimum Gasteiger partial charge on any atom is -0.337 e. The van der Waals surface area contributed by atoms with Gasteiger partial charge in [-0.15, -0.1) is 0 Å². The van der Waals surface area contributed by atoms with Crippen LogP contribution in [-0.4, -0.2) is 15.0 Å². The highest BCUT2D eigenvalue weighted by Crippen LogP contribution is 2.21. The summed E-state index contributed by atoms with van der Waals surface area (Å²) in [5, 5.41) is 3.09. The van der Waals surface area contributed by atoms with Crippen LogP contribution in [0.3, 0.4) is 0 Å². The van der Waals surface area contributed by atoms with Crippen molar-refractivity contribution in [2.24, 2.45) is 0 Å². The largest absolute Gasteiger partial charge is 0.337 e. The van der Waals surface area contributed by atoms with Crippen molar-refractivity contribution in [3.8, 4) is 0 Å². The summed E-state index contributed by atoms with van der Waals surface area (Å²) in [6.45, 7) is 0. The number of nitrogens with zero attached hydrogens (tertiary/aromatic N) is 3. The van der Waals surface area contributed by atoms with Gasteiger partial charge in [0, 0.05) is 6.20 Å². The van der Waals surface area contributed by atoms with Crippen molar-refractivity contribution in [3.05, 3.63) is 41.5 Å². The summed E-state index contributed by atoms with van der Waals surface area (Å²) < 4.78 is 0.906. The van der Waals surface area contributed by atoms with E-state index in [2.05, 4.69) is 36.2 Å². The standard InChI is InChI=1S/C9H7BrN4/c10-8-2-1-3-13-9(8)14-7-4-11-6-12-5-7/h1-6H,(H,13,14). The van der Waals surface area contributed by atoms with E-state index in [9.17, 15) is 0 Å². The number of halogens is 1. The molecule has 2 aromatic rings. The molecule has 0 aromatic carbocycles. The maximum Gasteiger partial charge on any atom is 0.144 e. The van der Waals surface area contributed by atoms with Gasteiger partial charge in [0.1, 0.15) is 12.1 Å². The van der Waals surface area contributed by atoms with Crippen molar-refractivity contribution in [2.75, 3.05) is 5.32 Å². The van der Waals surface area contributed by atoms with Crippen LogP contribution in [0.1, 0.15) is 0 Å². The summed E-state index contributed by atoms with van der Waals surface area (Å²) in [4.78, 5) is 11.9. The summed E-state index contributed by atoms with van der Waals surface area (Å²) in [5.41, 5.74) is 0.812. The van der Waals surface area contributed by atoms with E-state index in [4.69, 9.17) is 0 Å². The number of pyridine rings is 1. The van der Waals surface area contributed by atoms with Crippen LogP contribution in [0.5, 0.6) is 0 Å². The lowest BCUT2D eigenvalue weighted by Gasteiger charge is -2.05. The first-order valence-electron chi connectivity index (χ1n) is 3.99. The summed E-state index contributed by atoms with van der Waals surface area (Å²) >= 11 is 3.39. The van der Waals surface area contributed by atoms with Crippen molar-refractivity contribution in [3.63, 3.8) is 0 Å².